The van der Waals surface area contributed by atoms with Crippen molar-refractivity contribution in [2.24, 2.45) is 0 Å². The minimum atomic E-state index is -0.383. The third-order valence-electron chi connectivity index (χ3n) is 2.32. The zero-order chi connectivity index (χ0) is 13.5. The molecule has 1 aromatic rings. The SMILES string of the molecule is CCCCOC(=O)c1cc(N)ccc1OC(C)C. The van der Waals surface area contributed by atoms with Crippen LogP contribution in [0.3, 0.4) is 0 Å². The van der Waals surface area contributed by atoms with Crippen LogP contribution < -0.4 is 10.5 Å². The summed E-state index contributed by atoms with van der Waals surface area (Å²) in [7, 11) is 0. The number of nitrogen functional groups attached to an aromatic ring is 1. The fourth-order valence-electron chi connectivity index (χ4n) is 1.45. The Morgan fingerprint density at radius 1 is 1.39 bits per heavy atom. The highest BCUT2D eigenvalue weighted by Crippen LogP contribution is 2.23. The monoisotopic (exact) mass is 251 g/mol. The molecule has 4 nitrogen and oxygen atoms in total. The number of carbonyl (C=O) groups excluding carboxylic acids is 1. The van der Waals surface area contributed by atoms with Crippen LogP contribution in [-0.2, 0) is 4.74 Å². The highest BCUT2D eigenvalue weighted by Gasteiger charge is 2.15. The Morgan fingerprint density at radius 3 is 2.72 bits per heavy atom. The van der Waals surface area contributed by atoms with Crippen LogP contribution >= 0.6 is 0 Å². The zero-order valence-electron chi connectivity index (χ0n) is 11.2. The molecule has 1 aromatic carbocycles. The van der Waals surface area contributed by atoms with Gasteiger partial charge in [-0.25, -0.2) is 4.79 Å². The maximum atomic E-state index is 11.9. The summed E-state index contributed by atoms with van der Waals surface area (Å²) in [4.78, 5) is 11.9. The molecule has 0 bridgehead atoms. The smallest absolute Gasteiger partial charge is 0.341 e. The molecule has 0 aliphatic heterocycles. The highest BCUT2D eigenvalue weighted by molar-refractivity contribution is 5.93. The van der Waals surface area contributed by atoms with Crippen LogP contribution in [0.5, 0.6) is 5.75 Å². The second kappa shape index (κ2) is 6.89. The molecule has 2 N–H and O–H groups in total. The zero-order valence-corrected chi connectivity index (χ0v) is 11.2. The number of unbranched alkanes of at least 4 members (excludes halogenated alkanes) is 1. The van der Waals surface area contributed by atoms with E-state index in [4.69, 9.17) is 15.2 Å². The standard InChI is InChI=1S/C14H21NO3/c1-4-5-8-17-14(16)12-9-11(15)6-7-13(12)18-10(2)3/h6-7,9-10H,4-5,8,15H2,1-3H3. The molecule has 0 spiro atoms. The topological polar surface area (TPSA) is 61.5 Å². The lowest BCUT2D eigenvalue weighted by Crippen LogP contribution is -2.13. The third-order valence-corrected chi connectivity index (χ3v) is 2.32. The fraction of sp³-hybridized carbons (Fsp3) is 0.500. The van der Waals surface area contributed by atoms with Crippen molar-refractivity contribution in [1.29, 1.82) is 0 Å². The van der Waals surface area contributed by atoms with Gasteiger partial charge in [-0.15, -0.1) is 0 Å². The predicted molar refractivity (Wildman–Crippen MR) is 71.8 cm³/mol. The molecule has 100 valence electrons. The average Bonchev–Trinajstić information content (AvgIpc) is 2.31. The van der Waals surface area contributed by atoms with Gasteiger partial charge in [0.2, 0.25) is 0 Å². The number of nitrogens with two attached hydrogens (primary N) is 1. The molecule has 0 aliphatic rings. The Morgan fingerprint density at radius 2 is 2.11 bits per heavy atom. The number of rotatable bonds is 6. The van der Waals surface area contributed by atoms with E-state index in [0.717, 1.165) is 12.8 Å². The van der Waals surface area contributed by atoms with Crippen LogP contribution in [0.1, 0.15) is 44.0 Å². The van der Waals surface area contributed by atoms with Gasteiger partial charge in [-0.3, -0.25) is 0 Å². The summed E-state index contributed by atoms with van der Waals surface area (Å²) in [5.41, 5.74) is 6.60. The maximum absolute atomic E-state index is 11.9. The minimum absolute atomic E-state index is 0.00387. The molecular formula is C14H21NO3. The quantitative estimate of drug-likeness (QED) is 0.479. The van der Waals surface area contributed by atoms with Crippen LogP contribution in [0.25, 0.3) is 0 Å². The van der Waals surface area contributed by atoms with Crippen LogP contribution in [0.15, 0.2) is 18.2 Å². The number of hydrogen-bond donors (Lipinski definition) is 1. The van der Waals surface area contributed by atoms with Crippen LogP contribution in [0, 0.1) is 0 Å². The van der Waals surface area contributed by atoms with Crippen molar-refractivity contribution in [3.05, 3.63) is 23.8 Å². The average molecular weight is 251 g/mol. The third kappa shape index (κ3) is 4.28. The molecule has 0 aromatic heterocycles. The van der Waals surface area contributed by atoms with Gasteiger partial charge in [0.1, 0.15) is 11.3 Å². The van der Waals surface area contributed by atoms with Gasteiger partial charge < -0.3 is 15.2 Å². The van der Waals surface area contributed by atoms with E-state index in [0.29, 0.717) is 23.6 Å². The van der Waals surface area contributed by atoms with Gasteiger partial charge in [-0.05, 0) is 38.5 Å². The van der Waals surface area contributed by atoms with Crippen molar-refractivity contribution in [1.82, 2.24) is 0 Å². The van der Waals surface area contributed by atoms with Gasteiger partial charge in [0.05, 0.1) is 12.7 Å². The highest BCUT2D eigenvalue weighted by atomic mass is 16.5. The van der Waals surface area contributed by atoms with Crippen molar-refractivity contribution >= 4 is 11.7 Å². The molecule has 4 heteroatoms. The molecule has 0 unspecified atom stereocenters. The summed E-state index contributed by atoms with van der Waals surface area (Å²) in [6.07, 6.45) is 1.84. The number of hydrogen-bond acceptors (Lipinski definition) is 4. The molecule has 0 amide bonds. The lowest BCUT2D eigenvalue weighted by Gasteiger charge is -2.14. The molecule has 0 atom stereocenters. The molecule has 0 saturated carbocycles. The first-order chi connectivity index (χ1) is 8.54. The summed E-state index contributed by atoms with van der Waals surface area (Å²) in [5.74, 6) is 0.132. The van der Waals surface area contributed by atoms with Crippen molar-refractivity contribution in [3.63, 3.8) is 0 Å². The first-order valence-electron chi connectivity index (χ1n) is 6.28. The Hall–Kier alpha value is -1.71. The van der Waals surface area contributed by atoms with E-state index in [9.17, 15) is 4.79 Å². The Labute approximate surface area is 108 Å². The fourth-order valence-corrected chi connectivity index (χ4v) is 1.45. The van der Waals surface area contributed by atoms with E-state index in [1.54, 1.807) is 18.2 Å². The molecule has 0 saturated heterocycles. The van der Waals surface area contributed by atoms with Gasteiger partial charge in [-0.2, -0.15) is 0 Å². The predicted octanol–water partition coefficient (Wildman–Crippen LogP) is 3.01. The second-order valence-electron chi connectivity index (χ2n) is 4.41. The van der Waals surface area contributed by atoms with E-state index < -0.39 is 0 Å². The lowest BCUT2D eigenvalue weighted by atomic mass is 10.1. The number of ether oxygens (including phenoxy) is 2. The van der Waals surface area contributed by atoms with Gasteiger partial charge >= 0.3 is 5.97 Å². The van der Waals surface area contributed by atoms with Gasteiger partial charge in [-0.1, -0.05) is 13.3 Å². The normalized spacial score (nSPS) is 10.4. The Kier molecular flexibility index (Phi) is 5.49. The Bertz CT molecular complexity index is 402. The molecule has 0 radical (unpaired) electrons. The van der Waals surface area contributed by atoms with Gasteiger partial charge in [0.25, 0.3) is 0 Å². The van der Waals surface area contributed by atoms with Crippen molar-refractivity contribution in [2.45, 2.75) is 39.7 Å². The van der Waals surface area contributed by atoms with E-state index in [2.05, 4.69) is 0 Å². The first-order valence-corrected chi connectivity index (χ1v) is 6.28. The summed E-state index contributed by atoms with van der Waals surface area (Å²) < 4.78 is 10.7. The van der Waals surface area contributed by atoms with E-state index >= 15 is 0 Å². The van der Waals surface area contributed by atoms with Crippen molar-refractivity contribution in [2.75, 3.05) is 12.3 Å². The minimum Gasteiger partial charge on any atom is -0.490 e. The van der Waals surface area contributed by atoms with E-state index in [1.807, 2.05) is 20.8 Å². The van der Waals surface area contributed by atoms with Gasteiger partial charge in [0.15, 0.2) is 0 Å². The summed E-state index contributed by atoms with van der Waals surface area (Å²) in [6, 6.07) is 5.00. The van der Waals surface area contributed by atoms with Gasteiger partial charge in [0, 0.05) is 5.69 Å². The molecule has 0 heterocycles. The summed E-state index contributed by atoms with van der Waals surface area (Å²) in [5, 5.41) is 0. The molecule has 1 rings (SSSR count). The largest absolute Gasteiger partial charge is 0.490 e. The Balaban J connectivity index is 2.83. The molecule has 18 heavy (non-hydrogen) atoms. The number of esters is 1. The number of carbonyl (C=O) groups is 1. The summed E-state index contributed by atoms with van der Waals surface area (Å²) >= 11 is 0. The van der Waals surface area contributed by atoms with E-state index in [1.165, 1.54) is 0 Å². The van der Waals surface area contributed by atoms with E-state index in [-0.39, 0.29) is 12.1 Å². The molecular weight excluding hydrogens is 230 g/mol. The van der Waals surface area contributed by atoms with Crippen molar-refractivity contribution < 1.29 is 14.3 Å². The van der Waals surface area contributed by atoms with Crippen molar-refractivity contribution in [3.8, 4) is 5.75 Å². The lowest BCUT2D eigenvalue weighted by molar-refractivity contribution is 0.0493. The first kappa shape index (κ1) is 14.4. The molecule has 0 fully saturated rings. The molecule has 0 aliphatic carbocycles. The van der Waals surface area contributed by atoms with Crippen LogP contribution in [0.4, 0.5) is 5.69 Å². The second-order valence-corrected chi connectivity index (χ2v) is 4.41. The maximum Gasteiger partial charge on any atom is 0.341 e. The van der Waals surface area contributed by atoms with Crippen LogP contribution in [0.2, 0.25) is 0 Å². The number of anilines is 1. The van der Waals surface area contributed by atoms with Crippen LogP contribution in [-0.4, -0.2) is 18.7 Å². The summed E-state index contributed by atoms with van der Waals surface area (Å²) in [6.45, 7) is 6.28. The number of benzene rings is 1.